The van der Waals surface area contributed by atoms with E-state index < -0.39 is 37.5 Å². The number of amides is 1. The molecule has 0 aliphatic heterocycles. The number of carbonyl (C=O) groups excluding carboxylic acids is 1. The number of nitro benzene ring substituents is 1. The summed E-state index contributed by atoms with van der Waals surface area (Å²) in [6.07, 6.45) is 0.495. The molecule has 0 spiro atoms. The molecule has 1 atom stereocenters. The summed E-state index contributed by atoms with van der Waals surface area (Å²) in [4.78, 5) is 23.2. The summed E-state index contributed by atoms with van der Waals surface area (Å²) in [5, 5.41) is 18.6. The van der Waals surface area contributed by atoms with Gasteiger partial charge in [0.2, 0.25) is 15.9 Å². The smallest absolute Gasteiger partial charge is 0.272 e. The molecule has 13 nitrogen and oxygen atoms in total. The summed E-state index contributed by atoms with van der Waals surface area (Å²) in [5.41, 5.74) is 0.428. The number of sulfonamides is 1. The Labute approximate surface area is 226 Å². The van der Waals surface area contributed by atoms with Gasteiger partial charge in [0.15, 0.2) is 5.69 Å². The number of aromatic nitrogens is 2. The van der Waals surface area contributed by atoms with E-state index in [0.29, 0.717) is 30.0 Å². The summed E-state index contributed by atoms with van der Waals surface area (Å²) in [6, 6.07) is 9.58. The van der Waals surface area contributed by atoms with Crippen molar-refractivity contribution in [3.63, 3.8) is 0 Å². The second-order valence-electron chi connectivity index (χ2n) is 8.56. The third kappa shape index (κ3) is 6.90. The Morgan fingerprint density at radius 1 is 1.18 bits per heavy atom. The Balaban J connectivity index is 2.16. The number of benzene rings is 2. The van der Waals surface area contributed by atoms with E-state index in [4.69, 9.17) is 14.2 Å². The van der Waals surface area contributed by atoms with Crippen molar-refractivity contribution in [2.45, 2.75) is 38.1 Å². The fourth-order valence-electron chi connectivity index (χ4n) is 3.49. The maximum absolute atomic E-state index is 13.2. The van der Waals surface area contributed by atoms with Crippen LogP contribution in [0, 0.1) is 17.0 Å². The topological polar surface area (TPSA) is 164 Å². The van der Waals surface area contributed by atoms with Crippen LogP contribution in [0.1, 0.15) is 36.3 Å². The molecule has 3 rings (SSSR count). The summed E-state index contributed by atoms with van der Waals surface area (Å²) in [6.45, 7) is 5.61. The number of methoxy groups -OCH3 is 2. The van der Waals surface area contributed by atoms with Gasteiger partial charge in [0.05, 0.1) is 24.3 Å². The predicted molar refractivity (Wildman–Crippen MR) is 142 cm³/mol. The van der Waals surface area contributed by atoms with Crippen LogP contribution in [0.3, 0.4) is 0 Å². The van der Waals surface area contributed by atoms with E-state index >= 15 is 0 Å². The highest BCUT2D eigenvalue weighted by Gasteiger charge is 2.28. The minimum Gasteiger partial charge on any atom is -0.497 e. The minimum absolute atomic E-state index is 0.0426. The van der Waals surface area contributed by atoms with Crippen LogP contribution in [-0.4, -0.2) is 62.4 Å². The number of nitrogens with one attached hydrogen (secondary N) is 2. The van der Waals surface area contributed by atoms with Crippen LogP contribution >= 0.6 is 0 Å². The maximum Gasteiger partial charge on any atom is 0.272 e. The largest absolute Gasteiger partial charge is 0.497 e. The first-order valence-electron chi connectivity index (χ1n) is 12.0. The lowest BCUT2D eigenvalue weighted by Crippen LogP contribution is -2.32. The number of ether oxygens (including phenoxy) is 3. The molecular weight excluding hydrogens is 530 g/mol. The average molecular weight is 562 g/mol. The van der Waals surface area contributed by atoms with E-state index in [1.807, 2.05) is 0 Å². The molecule has 1 amide bonds. The van der Waals surface area contributed by atoms with Crippen LogP contribution < -0.4 is 19.5 Å². The van der Waals surface area contributed by atoms with E-state index in [2.05, 4.69) is 15.1 Å². The lowest BCUT2D eigenvalue weighted by atomic mass is 10.2. The summed E-state index contributed by atoms with van der Waals surface area (Å²) >= 11 is 0. The van der Waals surface area contributed by atoms with Crippen molar-refractivity contribution in [1.29, 1.82) is 0 Å². The molecular formula is C25H31N5O8S. The molecule has 39 heavy (non-hydrogen) atoms. The van der Waals surface area contributed by atoms with Gasteiger partial charge in [-0.3, -0.25) is 14.9 Å². The first-order chi connectivity index (χ1) is 18.5. The normalized spacial score (nSPS) is 12.1. The first kappa shape index (κ1) is 29.5. The van der Waals surface area contributed by atoms with Crippen molar-refractivity contribution < 1.29 is 32.3 Å². The molecule has 0 bridgehead atoms. The van der Waals surface area contributed by atoms with Crippen molar-refractivity contribution in [2.75, 3.05) is 27.4 Å². The molecule has 3 aromatic rings. The predicted octanol–water partition coefficient (Wildman–Crippen LogP) is 3.34. The van der Waals surface area contributed by atoms with Gasteiger partial charge in [0, 0.05) is 37.4 Å². The number of non-ortho nitro benzene ring substituents is 1. The third-order valence-electron chi connectivity index (χ3n) is 5.80. The van der Waals surface area contributed by atoms with Gasteiger partial charge in [-0.15, -0.1) is 0 Å². The number of hydrogen-bond acceptors (Lipinski definition) is 9. The van der Waals surface area contributed by atoms with Crippen molar-refractivity contribution in [1.82, 2.24) is 19.8 Å². The number of rotatable bonds is 13. The number of nitrogens with zero attached hydrogens (tertiary/aromatic N) is 3. The van der Waals surface area contributed by atoms with E-state index in [1.165, 1.54) is 25.0 Å². The Morgan fingerprint density at radius 3 is 2.46 bits per heavy atom. The van der Waals surface area contributed by atoms with E-state index in [0.717, 1.165) is 12.1 Å². The fraction of sp³-hybridized carbons (Fsp3) is 0.360. The Morgan fingerprint density at radius 2 is 1.87 bits per heavy atom. The van der Waals surface area contributed by atoms with Gasteiger partial charge in [0.25, 0.3) is 11.6 Å². The molecule has 0 fully saturated rings. The molecule has 14 heteroatoms. The SMILES string of the molecule is CCC(C)NS(=O)(=O)c1cc([N+](=O)[O-])ccc1Oc1c(C)c(C(=O)NCCOC)nn1-c1ccc(OC)cc1. The van der Waals surface area contributed by atoms with E-state index in [1.54, 1.807) is 45.0 Å². The summed E-state index contributed by atoms with van der Waals surface area (Å²) in [5.74, 6) is -0.0365. The van der Waals surface area contributed by atoms with Crippen LogP contribution in [0.5, 0.6) is 17.4 Å². The highest BCUT2D eigenvalue weighted by atomic mass is 32.2. The quantitative estimate of drug-likeness (QED) is 0.181. The monoisotopic (exact) mass is 561 g/mol. The fourth-order valence-corrected chi connectivity index (χ4v) is 4.96. The Kier molecular flexibility index (Phi) is 9.61. The van der Waals surface area contributed by atoms with Gasteiger partial charge < -0.3 is 19.5 Å². The van der Waals surface area contributed by atoms with Crippen molar-refractivity contribution in [3.8, 4) is 23.1 Å². The molecule has 0 saturated heterocycles. The second kappa shape index (κ2) is 12.7. The Hall–Kier alpha value is -4.01. The first-order valence-corrected chi connectivity index (χ1v) is 13.5. The number of hydrogen-bond donors (Lipinski definition) is 2. The zero-order valence-electron chi connectivity index (χ0n) is 22.3. The zero-order chi connectivity index (χ0) is 28.7. The van der Waals surface area contributed by atoms with Crippen molar-refractivity contribution >= 4 is 21.6 Å². The zero-order valence-corrected chi connectivity index (χ0v) is 23.1. The average Bonchev–Trinajstić information content (AvgIpc) is 3.24. The van der Waals surface area contributed by atoms with Crippen molar-refractivity contribution in [2.24, 2.45) is 0 Å². The molecule has 2 aromatic carbocycles. The standard InChI is InChI=1S/C25H31N5O8S/c1-6-16(2)28-39(34,35)22-15-19(30(32)33)9-12-21(22)38-25-17(3)23(24(31)26-13-14-36-4)27-29(25)18-7-10-20(37-5)11-8-18/h7-12,15-16,28H,6,13-14H2,1-5H3,(H,26,31). The maximum atomic E-state index is 13.2. The molecule has 0 radical (unpaired) electrons. The van der Waals surface area contributed by atoms with Crippen LogP contribution in [0.25, 0.3) is 5.69 Å². The van der Waals surface area contributed by atoms with Gasteiger partial charge in [-0.05, 0) is 50.6 Å². The van der Waals surface area contributed by atoms with E-state index in [-0.39, 0.29) is 23.9 Å². The van der Waals surface area contributed by atoms with Crippen LogP contribution in [0.15, 0.2) is 47.4 Å². The Bertz CT molecular complexity index is 1440. The minimum atomic E-state index is -4.22. The molecule has 0 saturated carbocycles. The van der Waals surface area contributed by atoms with Crippen LogP contribution in [0.4, 0.5) is 5.69 Å². The van der Waals surface area contributed by atoms with Gasteiger partial charge in [-0.2, -0.15) is 9.78 Å². The number of carbonyl (C=O) groups is 1. The third-order valence-corrected chi connectivity index (χ3v) is 7.41. The molecule has 1 aromatic heterocycles. The second-order valence-corrected chi connectivity index (χ2v) is 10.2. The van der Waals surface area contributed by atoms with Crippen molar-refractivity contribution in [3.05, 3.63) is 63.8 Å². The lowest BCUT2D eigenvalue weighted by molar-refractivity contribution is -0.385. The lowest BCUT2D eigenvalue weighted by Gasteiger charge is -2.16. The highest BCUT2D eigenvalue weighted by molar-refractivity contribution is 7.89. The van der Waals surface area contributed by atoms with Crippen LogP contribution in [0.2, 0.25) is 0 Å². The molecule has 2 N–H and O–H groups in total. The van der Waals surface area contributed by atoms with Gasteiger partial charge in [-0.1, -0.05) is 6.92 Å². The number of nitro groups is 1. The van der Waals surface area contributed by atoms with Gasteiger partial charge in [0.1, 0.15) is 16.4 Å². The molecule has 0 aliphatic rings. The molecule has 1 unspecified atom stereocenters. The molecule has 1 heterocycles. The van der Waals surface area contributed by atoms with Gasteiger partial charge >= 0.3 is 0 Å². The van der Waals surface area contributed by atoms with Crippen LogP contribution in [-0.2, 0) is 14.8 Å². The molecule has 0 aliphatic carbocycles. The summed E-state index contributed by atoms with van der Waals surface area (Å²) < 4.78 is 46.6. The van der Waals surface area contributed by atoms with E-state index in [9.17, 15) is 23.3 Å². The van der Waals surface area contributed by atoms with Gasteiger partial charge in [-0.25, -0.2) is 13.1 Å². The molecule has 210 valence electrons. The summed E-state index contributed by atoms with van der Waals surface area (Å²) in [7, 11) is -1.19. The highest BCUT2D eigenvalue weighted by Crippen LogP contribution is 2.36.